The van der Waals surface area contributed by atoms with Crippen molar-refractivity contribution in [3.8, 4) is 0 Å². The highest BCUT2D eigenvalue weighted by molar-refractivity contribution is 8.15. The summed E-state index contributed by atoms with van der Waals surface area (Å²) < 4.78 is 0.532. The number of hydrogen-bond donors (Lipinski definition) is 0. The maximum Gasteiger partial charge on any atom is 0.0758 e. The largest absolute Gasteiger partial charge is 0.378 e. The lowest BCUT2D eigenvalue weighted by Crippen LogP contribution is -2.08. The fourth-order valence-electron chi connectivity index (χ4n) is 2.71. The van der Waals surface area contributed by atoms with Crippen molar-refractivity contribution >= 4 is 29.2 Å². The molecule has 0 spiro atoms. The summed E-state index contributed by atoms with van der Waals surface area (Å²) in [6, 6.07) is 13.8. The molecule has 0 amide bonds. The van der Waals surface area contributed by atoms with Gasteiger partial charge in [-0.15, -0.1) is 23.5 Å². The van der Waals surface area contributed by atoms with Crippen LogP contribution in [-0.2, 0) is 11.5 Å². The van der Waals surface area contributed by atoms with Crippen LogP contribution in [0, 0.1) is 13.8 Å². The van der Waals surface area contributed by atoms with Crippen molar-refractivity contribution < 1.29 is 0 Å². The monoisotopic (exact) mass is 329 g/mol. The van der Waals surface area contributed by atoms with E-state index in [1.165, 1.54) is 33.5 Å². The van der Waals surface area contributed by atoms with Gasteiger partial charge >= 0.3 is 0 Å². The number of rotatable bonds is 2. The van der Waals surface area contributed by atoms with Gasteiger partial charge in [-0.25, -0.2) is 0 Å². The molecule has 1 nitrogen and oxygen atoms in total. The van der Waals surface area contributed by atoms with Gasteiger partial charge in [0.05, 0.1) is 4.58 Å². The molecule has 3 rings (SSSR count). The Bertz CT molecular complexity index is 629. The Balaban J connectivity index is 1.79. The molecule has 22 heavy (non-hydrogen) atoms. The number of benzene rings is 2. The molecule has 0 N–H and O–H groups in total. The SMILES string of the molecule is Cc1cc2c(cc1C)CSC(c1ccc(N(C)C)cc1)SC2. The van der Waals surface area contributed by atoms with Gasteiger partial charge in [0.25, 0.3) is 0 Å². The Hall–Kier alpha value is -1.06. The molecular formula is C19H23NS2. The van der Waals surface area contributed by atoms with Gasteiger partial charge in [0.15, 0.2) is 0 Å². The number of anilines is 1. The number of fused-ring (bicyclic) bond motifs is 1. The zero-order valence-electron chi connectivity index (χ0n) is 13.7. The molecule has 0 saturated carbocycles. The van der Waals surface area contributed by atoms with Gasteiger partial charge in [0, 0.05) is 31.3 Å². The highest BCUT2D eigenvalue weighted by atomic mass is 32.2. The van der Waals surface area contributed by atoms with Crippen molar-refractivity contribution in [1.82, 2.24) is 0 Å². The number of hydrogen-bond acceptors (Lipinski definition) is 3. The first-order chi connectivity index (χ1) is 10.5. The van der Waals surface area contributed by atoms with Gasteiger partial charge < -0.3 is 4.90 Å². The summed E-state index contributed by atoms with van der Waals surface area (Å²) in [4.78, 5) is 2.15. The van der Waals surface area contributed by atoms with Crippen LogP contribution in [0.3, 0.4) is 0 Å². The van der Waals surface area contributed by atoms with Crippen LogP contribution in [0.4, 0.5) is 5.69 Å². The second kappa shape index (κ2) is 6.59. The summed E-state index contributed by atoms with van der Waals surface area (Å²) in [6.45, 7) is 4.44. The summed E-state index contributed by atoms with van der Waals surface area (Å²) >= 11 is 4.12. The summed E-state index contributed by atoms with van der Waals surface area (Å²) in [5.41, 5.74) is 8.57. The standard InChI is InChI=1S/C19H23NS2/c1-13-9-16-11-21-19(22-12-17(16)10-14(13)2)15-5-7-18(8-6-15)20(3)4/h5-10,19H,11-12H2,1-4H3. The first-order valence-corrected chi connectivity index (χ1v) is 9.74. The van der Waals surface area contributed by atoms with Crippen LogP contribution in [-0.4, -0.2) is 14.1 Å². The van der Waals surface area contributed by atoms with Crippen LogP contribution in [0.15, 0.2) is 36.4 Å². The molecular weight excluding hydrogens is 306 g/mol. The molecule has 0 aromatic heterocycles. The predicted molar refractivity (Wildman–Crippen MR) is 102 cm³/mol. The third-order valence-electron chi connectivity index (χ3n) is 4.28. The van der Waals surface area contributed by atoms with Gasteiger partial charge in [-0.2, -0.15) is 0 Å². The number of thioether (sulfide) groups is 2. The maximum atomic E-state index is 2.38. The zero-order chi connectivity index (χ0) is 15.7. The third kappa shape index (κ3) is 3.31. The molecule has 0 aliphatic carbocycles. The van der Waals surface area contributed by atoms with Crippen molar-refractivity contribution in [2.24, 2.45) is 0 Å². The molecule has 116 valence electrons. The minimum atomic E-state index is 0.532. The van der Waals surface area contributed by atoms with Crippen molar-refractivity contribution in [2.75, 3.05) is 19.0 Å². The highest BCUT2D eigenvalue weighted by Gasteiger charge is 2.19. The second-order valence-electron chi connectivity index (χ2n) is 6.15. The Morgan fingerprint density at radius 2 is 1.36 bits per heavy atom. The topological polar surface area (TPSA) is 3.24 Å². The lowest BCUT2D eigenvalue weighted by atomic mass is 10.0. The van der Waals surface area contributed by atoms with Crippen LogP contribution in [0.25, 0.3) is 0 Å². The van der Waals surface area contributed by atoms with Crippen molar-refractivity contribution in [3.05, 3.63) is 64.2 Å². The van der Waals surface area contributed by atoms with Crippen molar-refractivity contribution in [2.45, 2.75) is 29.9 Å². The lowest BCUT2D eigenvalue weighted by molar-refractivity contribution is 1.13. The summed E-state index contributed by atoms with van der Waals surface area (Å²) in [5, 5.41) is 0. The van der Waals surface area contributed by atoms with Gasteiger partial charge in [-0.3, -0.25) is 0 Å². The molecule has 1 heterocycles. The quantitative estimate of drug-likeness (QED) is 0.711. The molecule has 0 unspecified atom stereocenters. The average Bonchev–Trinajstić information content (AvgIpc) is 2.70. The average molecular weight is 330 g/mol. The minimum absolute atomic E-state index is 0.532. The molecule has 0 bridgehead atoms. The van der Waals surface area contributed by atoms with Crippen LogP contribution < -0.4 is 4.90 Å². The van der Waals surface area contributed by atoms with E-state index in [2.05, 4.69) is 92.8 Å². The second-order valence-corrected chi connectivity index (χ2v) is 8.63. The van der Waals surface area contributed by atoms with Crippen LogP contribution in [0.2, 0.25) is 0 Å². The molecule has 0 atom stereocenters. The Morgan fingerprint density at radius 1 is 0.864 bits per heavy atom. The summed E-state index contributed by atoms with van der Waals surface area (Å²) in [6.07, 6.45) is 0. The van der Waals surface area contributed by atoms with Gasteiger partial charge in [0.1, 0.15) is 0 Å². The van der Waals surface area contributed by atoms with Gasteiger partial charge in [-0.05, 0) is 53.8 Å². The lowest BCUT2D eigenvalue weighted by Gasteiger charge is -2.16. The molecule has 2 aromatic rings. The molecule has 1 aliphatic heterocycles. The van der Waals surface area contributed by atoms with Crippen molar-refractivity contribution in [3.63, 3.8) is 0 Å². The highest BCUT2D eigenvalue weighted by Crippen LogP contribution is 2.46. The Labute approximate surface area is 142 Å². The normalized spacial score (nSPS) is 15.3. The van der Waals surface area contributed by atoms with Crippen LogP contribution in [0.5, 0.6) is 0 Å². The molecule has 0 saturated heterocycles. The first-order valence-electron chi connectivity index (χ1n) is 7.64. The van der Waals surface area contributed by atoms with E-state index in [0.29, 0.717) is 4.58 Å². The molecule has 0 fully saturated rings. The smallest absolute Gasteiger partial charge is 0.0758 e. The Morgan fingerprint density at radius 3 is 1.82 bits per heavy atom. The van der Waals surface area contributed by atoms with E-state index in [-0.39, 0.29) is 0 Å². The zero-order valence-corrected chi connectivity index (χ0v) is 15.4. The number of nitrogens with zero attached hydrogens (tertiary/aromatic N) is 1. The molecule has 1 aliphatic rings. The van der Waals surface area contributed by atoms with E-state index in [0.717, 1.165) is 11.5 Å². The molecule has 3 heteroatoms. The first kappa shape index (κ1) is 15.8. The fourth-order valence-corrected chi connectivity index (χ4v) is 5.40. The van der Waals surface area contributed by atoms with E-state index >= 15 is 0 Å². The van der Waals surface area contributed by atoms with E-state index in [1.54, 1.807) is 0 Å². The van der Waals surface area contributed by atoms with Crippen molar-refractivity contribution in [1.29, 1.82) is 0 Å². The summed E-state index contributed by atoms with van der Waals surface area (Å²) in [5.74, 6) is 2.23. The van der Waals surface area contributed by atoms with Gasteiger partial charge in [0.2, 0.25) is 0 Å². The summed E-state index contributed by atoms with van der Waals surface area (Å²) in [7, 11) is 4.18. The maximum absolute atomic E-state index is 2.38. The van der Waals surface area contributed by atoms with Crippen LogP contribution >= 0.6 is 23.5 Å². The van der Waals surface area contributed by atoms with E-state index in [9.17, 15) is 0 Å². The fraction of sp³-hybridized carbons (Fsp3) is 0.368. The van der Waals surface area contributed by atoms with E-state index in [1.807, 2.05) is 0 Å². The number of aryl methyl sites for hydroxylation is 2. The minimum Gasteiger partial charge on any atom is -0.378 e. The molecule has 2 aromatic carbocycles. The van der Waals surface area contributed by atoms with E-state index < -0.39 is 0 Å². The van der Waals surface area contributed by atoms with Crippen LogP contribution in [0.1, 0.15) is 32.4 Å². The van der Waals surface area contributed by atoms with Gasteiger partial charge in [-0.1, -0.05) is 24.3 Å². The molecule has 0 radical (unpaired) electrons. The predicted octanol–water partition coefficient (Wildman–Crippen LogP) is 5.55. The van der Waals surface area contributed by atoms with E-state index in [4.69, 9.17) is 0 Å². The Kier molecular flexibility index (Phi) is 4.74. The third-order valence-corrected chi connectivity index (χ3v) is 7.20.